The number of nitrogens with zero attached hydrogens (tertiary/aromatic N) is 5. The van der Waals surface area contributed by atoms with Gasteiger partial charge in [-0.15, -0.1) is 0 Å². The van der Waals surface area contributed by atoms with E-state index in [0.717, 1.165) is 42.1 Å². The van der Waals surface area contributed by atoms with E-state index in [4.69, 9.17) is 0 Å². The summed E-state index contributed by atoms with van der Waals surface area (Å²) in [5, 5.41) is 6.29. The zero-order valence-electron chi connectivity index (χ0n) is 16.4. The molecular weight excluding hydrogens is 388 g/mol. The molecule has 0 amide bonds. The summed E-state index contributed by atoms with van der Waals surface area (Å²) in [5.74, 6) is 0. The predicted molar refractivity (Wildman–Crippen MR) is 116 cm³/mol. The average Bonchev–Trinajstić information content (AvgIpc) is 3.29. The first-order valence-corrected chi connectivity index (χ1v) is 10.6. The van der Waals surface area contributed by atoms with Crippen LogP contribution in [0.1, 0.15) is 12.6 Å². The number of aromatic nitrogens is 4. The van der Waals surface area contributed by atoms with Crippen molar-refractivity contribution < 1.29 is 0 Å². The van der Waals surface area contributed by atoms with Gasteiger partial charge in [-0.1, -0.05) is 30.4 Å². The van der Waals surface area contributed by atoms with Crippen LogP contribution in [0.4, 0.5) is 0 Å². The van der Waals surface area contributed by atoms with E-state index in [1.165, 1.54) is 22.1 Å². The molecule has 9 heteroatoms. The van der Waals surface area contributed by atoms with E-state index in [0.29, 0.717) is 22.5 Å². The van der Waals surface area contributed by atoms with Crippen LogP contribution in [0, 0.1) is 0 Å². The number of nitrogens with one attached hydrogen (secondary N) is 1. The molecule has 0 atom stereocenters. The van der Waals surface area contributed by atoms with E-state index in [9.17, 15) is 9.59 Å². The number of benzene rings is 1. The van der Waals surface area contributed by atoms with Crippen molar-refractivity contribution in [2.75, 3.05) is 38.2 Å². The number of pyridine rings is 1. The van der Waals surface area contributed by atoms with Gasteiger partial charge in [0.25, 0.3) is 11.1 Å². The molecule has 4 heterocycles. The van der Waals surface area contributed by atoms with Gasteiger partial charge in [-0.05, 0) is 25.6 Å². The van der Waals surface area contributed by atoms with Gasteiger partial charge in [0, 0.05) is 32.2 Å². The Labute approximate surface area is 170 Å². The fourth-order valence-electron chi connectivity index (χ4n) is 3.98. The summed E-state index contributed by atoms with van der Waals surface area (Å²) in [4.78, 5) is 33.1. The normalized spacial score (nSPS) is 15.6. The number of fused-ring (bicyclic) bond motifs is 2. The Bertz CT molecular complexity index is 1290. The van der Waals surface area contributed by atoms with Crippen LogP contribution >= 0.6 is 11.3 Å². The van der Waals surface area contributed by atoms with Crippen LogP contribution in [-0.4, -0.2) is 57.6 Å². The number of thiazole rings is 1. The van der Waals surface area contributed by atoms with Crippen molar-refractivity contribution in [2.24, 2.45) is 0 Å². The first-order valence-electron chi connectivity index (χ1n) is 9.76. The minimum Gasteiger partial charge on any atom is -0.307 e. The molecule has 4 aromatic rings. The van der Waals surface area contributed by atoms with Crippen molar-refractivity contribution in [3.05, 3.63) is 56.7 Å². The molecule has 0 unspecified atom stereocenters. The third-order valence-corrected chi connectivity index (χ3v) is 6.53. The van der Waals surface area contributed by atoms with Gasteiger partial charge in [-0.3, -0.25) is 14.7 Å². The Hall–Kier alpha value is -2.91. The summed E-state index contributed by atoms with van der Waals surface area (Å²) in [6.45, 7) is 5.26. The van der Waals surface area contributed by atoms with Gasteiger partial charge < -0.3 is 9.91 Å². The molecule has 0 aliphatic carbocycles. The van der Waals surface area contributed by atoms with Crippen LogP contribution in [0.2, 0.25) is 0 Å². The van der Waals surface area contributed by atoms with Gasteiger partial charge in [0.2, 0.25) is 5.13 Å². The first-order chi connectivity index (χ1) is 14.1. The molecule has 1 aliphatic rings. The maximum Gasteiger partial charge on any atom is 0.283 e. The Balaban J connectivity index is 1.71. The minimum absolute atomic E-state index is 0.114. The molecule has 8 nitrogen and oxygen atoms in total. The molecule has 29 heavy (non-hydrogen) atoms. The highest BCUT2D eigenvalue weighted by molar-refractivity contribution is 7.20. The summed E-state index contributed by atoms with van der Waals surface area (Å²) in [5.41, 5.74) is 1.88. The summed E-state index contributed by atoms with van der Waals surface area (Å²) in [6.07, 6.45) is 0.589. The highest BCUT2D eigenvalue weighted by Crippen LogP contribution is 2.24. The number of aromatic amines is 1. The lowest BCUT2D eigenvalue weighted by Crippen LogP contribution is -2.54. The van der Waals surface area contributed by atoms with Crippen molar-refractivity contribution in [2.45, 2.75) is 13.3 Å². The number of aryl methyl sites for hydroxylation is 1. The molecule has 1 aliphatic heterocycles. The van der Waals surface area contributed by atoms with Gasteiger partial charge in [-0.2, -0.15) is 4.68 Å². The number of piperazine rings is 1. The van der Waals surface area contributed by atoms with E-state index in [1.807, 2.05) is 31.2 Å². The smallest absolute Gasteiger partial charge is 0.283 e. The molecule has 0 bridgehead atoms. The van der Waals surface area contributed by atoms with Gasteiger partial charge in [0.1, 0.15) is 0 Å². The Morgan fingerprint density at radius 1 is 1.14 bits per heavy atom. The maximum atomic E-state index is 13.3. The Morgan fingerprint density at radius 2 is 1.90 bits per heavy atom. The number of hydrogen-bond acceptors (Lipinski definition) is 6. The van der Waals surface area contributed by atoms with Gasteiger partial charge >= 0.3 is 0 Å². The second kappa shape index (κ2) is 6.85. The van der Waals surface area contributed by atoms with E-state index >= 15 is 0 Å². The lowest BCUT2D eigenvalue weighted by Gasteiger charge is -2.36. The topological polar surface area (TPSA) is 79.2 Å². The Morgan fingerprint density at radius 3 is 2.62 bits per heavy atom. The molecule has 0 spiro atoms. The molecule has 1 fully saturated rings. The number of H-pyrrole nitrogens is 1. The SMILES string of the molecule is CCc1c2c(=O)n(-c3nc4ccccc4s3)[nH]c2cc(=O)n1N1CCN(C)CC1. The summed E-state index contributed by atoms with van der Waals surface area (Å²) in [7, 11) is 2.08. The highest BCUT2D eigenvalue weighted by Gasteiger charge is 2.22. The van der Waals surface area contributed by atoms with Gasteiger partial charge in [0.15, 0.2) is 0 Å². The molecule has 1 saturated heterocycles. The quantitative estimate of drug-likeness (QED) is 0.554. The summed E-state index contributed by atoms with van der Waals surface area (Å²) in [6, 6.07) is 9.32. The summed E-state index contributed by atoms with van der Waals surface area (Å²) >= 11 is 1.45. The van der Waals surface area contributed by atoms with E-state index in [1.54, 1.807) is 4.68 Å². The number of likely N-dealkylation sites (N-methyl/N-ethyl adjacent to an activating group) is 1. The van der Waals surface area contributed by atoms with Crippen LogP contribution in [0.3, 0.4) is 0 Å². The van der Waals surface area contributed by atoms with E-state index in [2.05, 4.69) is 27.0 Å². The third kappa shape index (κ3) is 2.89. The minimum atomic E-state index is -0.168. The van der Waals surface area contributed by atoms with Gasteiger partial charge in [-0.25, -0.2) is 9.66 Å². The predicted octanol–water partition coefficient (Wildman–Crippen LogP) is 1.54. The molecule has 5 rings (SSSR count). The first kappa shape index (κ1) is 18.1. The molecule has 150 valence electrons. The average molecular weight is 411 g/mol. The molecule has 3 aromatic heterocycles. The second-order valence-corrected chi connectivity index (χ2v) is 8.37. The second-order valence-electron chi connectivity index (χ2n) is 7.36. The largest absolute Gasteiger partial charge is 0.307 e. The third-order valence-electron chi connectivity index (χ3n) is 5.51. The molecule has 1 aromatic carbocycles. The fourth-order valence-corrected chi connectivity index (χ4v) is 4.91. The van der Waals surface area contributed by atoms with Crippen LogP contribution in [0.15, 0.2) is 39.9 Å². The van der Waals surface area contributed by atoms with Crippen molar-refractivity contribution in [3.8, 4) is 5.13 Å². The number of hydrogen-bond donors (Lipinski definition) is 1. The van der Waals surface area contributed by atoms with Gasteiger partial charge in [0.05, 0.1) is 26.8 Å². The van der Waals surface area contributed by atoms with Crippen LogP contribution in [0.5, 0.6) is 0 Å². The lowest BCUT2D eigenvalue weighted by atomic mass is 10.2. The van der Waals surface area contributed by atoms with Crippen LogP contribution in [-0.2, 0) is 6.42 Å². The zero-order valence-corrected chi connectivity index (χ0v) is 17.2. The van der Waals surface area contributed by atoms with E-state index < -0.39 is 0 Å². The molecular formula is C20H22N6O2S. The fraction of sp³-hybridized carbons (Fsp3) is 0.350. The monoisotopic (exact) mass is 410 g/mol. The van der Waals surface area contributed by atoms with Crippen molar-refractivity contribution in [1.29, 1.82) is 0 Å². The molecule has 1 N–H and O–H groups in total. The van der Waals surface area contributed by atoms with Crippen LogP contribution in [0.25, 0.3) is 26.3 Å². The molecule has 0 saturated carbocycles. The molecule has 0 radical (unpaired) electrons. The highest BCUT2D eigenvalue weighted by atomic mass is 32.1. The number of rotatable bonds is 3. The van der Waals surface area contributed by atoms with E-state index in [-0.39, 0.29) is 11.1 Å². The standard InChI is InChI=1S/C20H22N6O2S/c1-3-15-18-14(12-17(27)26(15)24-10-8-23(2)9-11-24)22-25(19(18)28)20-21-13-6-4-5-7-16(13)29-20/h4-7,12,22H,3,8-11H2,1-2H3. The zero-order chi connectivity index (χ0) is 20.1. The van der Waals surface area contributed by atoms with Crippen LogP contribution < -0.4 is 16.1 Å². The van der Waals surface area contributed by atoms with Crippen molar-refractivity contribution >= 4 is 32.5 Å². The Kier molecular flexibility index (Phi) is 4.29. The van der Waals surface area contributed by atoms with Crippen molar-refractivity contribution in [1.82, 2.24) is 24.3 Å². The maximum absolute atomic E-state index is 13.3. The summed E-state index contributed by atoms with van der Waals surface area (Å²) < 4.78 is 4.18. The lowest BCUT2D eigenvalue weighted by molar-refractivity contribution is 0.284. The number of para-hydroxylation sites is 1. The van der Waals surface area contributed by atoms with Crippen molar-refractivity contribution in [3.63, 3.8) is 0 Å².